The molecule has 1 aromatic carbocycles. The number of carbonyl (C=O) groups is 1. The van der Waals surface area contributed by atoms with Crippen LogP contribution in [0.15, 0.2) is 53.3 Å². The lowest BCUT2D eigenvalue weighted by Gasteiger charge is -2.37. The van der Waals surface area contributed by atoms with Gasteiger partial charge in [-0.05, 0) is 78.2 Å². The number of ether oxygens (including phenoxy) is 1. The summed E-state index contributed by atoms with van der Waals surface area (Å²) in [7, 11) is -0.0413. The molecule has 0 bridgehead atoms. The second kappa shape index (κ2) is 11.5. The zero-order valence-corrected chi connectivity index (χ0v) is 23.8. The standard InChI is InChI=1S/C29H45NO3Si/c1-10-30(18-20-33-34(8,9)28(2,3)4)26-15-12-23(13-16-26)11-14-24-21-29(5,6)22-25(17-19-31)27(24)32-7/h11-17,19H,10,18,20-22H2,1-9H3/b14-11+,25-17+. The van der Waals surface area contributed by atoms with Gasteiger partial charge in [0.15, 0.2) is 8.32 Å². The van der Waals surface area contributed by atoms with E-state index in [1.165, 1.54) is 5.69 Å². The predicted octanol–water partition coefficient (Wildman–Crippen LogP) is 7.39. The average Bonchev–Trinajstić information content (AvgIpc) is 2.74. The Hall–Kier alpha value is -2.11. The highest BCUT2D eigenvalue weighted by molar-refractivity contribution is 6.74. The second-order valence-electron chi connectivity index (χ2n) is 11.5. The minimum atomic E-state index is -1.72. The van der Waals surface area contributed by atoms with Crippen LogP contribution in [-0.4, -0.2) is 41.4 Å². The summed E-state index contributed by atoms with van der Waals surface area (Å²) >= 11 is 0. The first-order valence-corrected chi connectivity index (χ1v) is 15.3. The molecule has 188 valence electrons. The number of benzene rings is 1. The molecule has 0 amide bonds. The molecule has 0 saturated heterocycles. The Kier molecular flexibility index (Phi) is 9.55. The van der Waals surface area contributed by atoms with Gasteiger partial charge in [-0.15, -0.1) is 0 Å². The van der Waals surface area contributed by atoms with Gasteiger partial charge in [0.2, 0.25) is 0 Å². The van der Waals surface area contributed by atoms with Crippen LogP contribution in [-0.2, 0) is 14.0 Å². The highest BCUT2D eigenvalue weighted by Crippen LogP contribution is 2.42. The minimum absolute atomic E-state index is 0.0918. The van der Waals surface area contributed by atoms with E-state index < -0.39 is 8.32 Å². The van der Waals surface area contributed by atoms with Gasteiger partial charge < -0.3 is 14.1 Å². The van der Waals surface area contributed by atoms with Crippen LogP contribution in [0, 0.1) is 5.41 Å². The largest absolute Gasteiger partial charge is 0.496 e. The summed E-state index contributed by atoms with van der Waals surface area (Å²) in [5, 5.41) is 0.230. The number of methoxy groups -OCH3 is 1. The van der Waals surface area contributed by atoms with E-state index in [1.807, 2.05) is 0 Å². The number of hydrogen-bond donors (Lipinski definition) is 0. The van der Waals surface area contributed by atoms with Crippen LogP contribution in [0.2, 0.25) is 18.1 Å². The summed E-state index contributed by atoms with van der Waals surface area (Å²) in [6, 6.07) is 8.69. The summed E-state index contributed by atoms with van der Waals surface area (Å²) in [6.07, 6.45) is 8.52. The molecule has 0 heterocycles. The molecule has 1 aliphatic carbocycles. The normalized spacial score (nSPS) is 18.0. The first-order chi connectivity index (χ1) is 15.8. The van der Waals surface area contributed by atoms with Gasteiger partial charge in [-0.25, -0.2) is 0 Å². The SMILES string of the molecule is CCN(CCO[Si](C)(C)C(C)(C)C)c1ccc(/C=C/C2=C(OC)C(=C/C=O)/CC(C)(C)C2)cc1. The molecule has 1 aliphatic rings. The first kappa shape index (κ1) is 28.1. The maximum Gasteiger partial charge on any atom is 0.192 e. The predicted molar refractivity (Wildman–Crippen MR) is 148 cm³/mol. The molecule has 2 rings (SSSR count). The lowest BCUT2D eigenvalue weighted by Crippen LogP contribution is -2.42. The van der Waals surface area contributed by atoms with E-state index in [9.17, 15) is 4.79 Å². The van der Waals surface area contributed by atoms with E-state index in [2.05, 4.69) is 96.0 Å². The fourth-order valence-electron chi connectivity index (χ4n) is 4.16. The van der Waals surface area contributed by atoms with Crippen molar-refractivity contribution in [2.45, 2.75) is 72.5 Å². The van der Waals surface area contributed by atoms with Gasteiger partial charge in [0.05, 0.1) is 13.7 Å². The van der Waals surface area contributed by atoms with E-state index in [0.717, 1.165) is 61.3 Å². The number of allylic oxidation sites excluding steroid dienone is 4. The number of carbonyl (C=O) groups excluding carboxylic acids is 1. The van der Waals surface area contributed by atoms with E-state index in [4.69, 9.17) is 9.16 Å². The molecule has 0 radical (unpaired) electrons. The monoisotopic (exact) mass is 483 g/mol. The fourth-order valence-corrected chi connectivity index (χ4v) is 5.20. The zero-order valence-electron chi connectivity index (χ0n) is 22.8. The molecule has 1 aromatic rings. The van der Waals surface area contributed by atoms with E-state index in [-0.39, 0.29) is 10.5 Å². The van der Waals surface area contributed by atoms with Gasteiger partial charge in [0.25, 0.3) is 0 Å². The molecule has 4 nitrogen and oxygen atoms in total. The maximum absolute atomic E-state index is 11.1. The number of rotatable bonds is 10. The van der Waals surface area contributed by atoms with Gasteiger partial charge >= 0.3 is 0 Å². The zero-order chi connectivity index (χ0) is 25.6. The highest BCUT2D eigenvalue weighted by Gasteiger charge is 2.37. The Bertz CT molecular complexity index is 918. The number of nitrogens with zero attached hydrogens (tertiary/aromatic N) is 1. The summed E-state index contributed by atoms with van der Waals surface area (Å²) in [5.41, 5.74) is 4.56. The van der Waals surface area contributed by atoms with Gasteiger partial charge in [-0.1, -0.05) is 58.9 Å². The minimum Gasteiger partial charge on any atom is -0.496 e. The summed E-state index contributed by atoms with van der Waals surface area (Å²) in [5.74, 6) is 0.832. The smallest absolute Gasteiger partial charge is 0.192 e. The molecule has 0 unspecified atom stereocenters. The van der Waals surface area contributed by atoms with Crippen molar-refractivity contribution in [3.8, 4) is 0 Å². The second-order valence-corrected chi connectivity index (χ2v) is 16.3. The van der Waals surface area contributed by atoms with Crippen molar-refractivity contribution in [1.29, 1.82) is 0 Å². The van der Waals surface area contributed by atoms with Crippen LogP contribution < -0.4 is 4.90 Å². The number of anilines is 1. The molecular weight excluding hydrogens is 438 g/mol. The van der Waals surface area contributed by atoms with E-state index in [0.29, 0.717) is 0 Å². The van der Waals surface area contributed by atoms with Crippen LogP contribution in [0.3, 0.4) is 0 Å². The lowest BCUT2D eigenvalue weighted by atomic mass is 9.74. The first-order valence-electron chi connectivity index (χ1n) is 12.4. The van der Waals surface area contributed by atoms with Gasteiger partial charge in [0.1, 0.15) is 12.0 Å². The van der Waals surface area contributed by atoms with Crippen LogP contribution >= 0.6 is 0 Å². The van der Waals surface area contributed by atoms with Crippen molar-refractivity contribution in [2.75, 3.05) is 31.7 Å². The summed E-state index contributed by atoms with van der Waals surface area (Å²) in [6.45, 7) is 20.7. The molecule has 0 spiro atoms. The van der Waals surface area contributed by atoms with E-state index >= 15 is 0 Å². The Morgan fingerprint density at radius 1 is 1.09 bits per heavy atom. The number of likely N-dealkylation sites (N-methyl/N-ethyl adjacent to an activating group) is 1. The third kappa shape index (κ3) is 7.44. The molecular formula is C29H45NO3Si. The third-order valence-electron chi connectivity index (χ3n) is 7.14. The van der Waals surface area contributed by atoms with Crippen molar-refractivity contribution in [3.05, 3.63) is 58.9 Å². The molecule has 0 aliphatic heterocycles. The van der Waals surface area contributed by atoms with Crippen LogP contribution in [0.5, 0.6) is 0 Å². The van der Waals surface area contributed by atoms with Crippen molar-refractivity contribution in [2.24, 2.45) is 5.41 Å². The molecule has 34 heavy (non-hydrogen) atoms. The summed E-state index contributed by atoms with van der Waals surface area (Å²) < 4.78 is 12.1. The van der Waals surface area contributed by atoms with Crippen molar-refractivity contribution in [1.82, 2.24) is 0 Å². The maximum atomic E-state index is 11.1. The lowest BCUT2D eigenvalue weighted by molar-refractivity contribution is -0.104. The van der Waals surface area contributed by atoms with E-state index in [1.54, 1.807) is 13.2 Å². The van der Waals surface area contributed by atoms with Gasteiger partial charge in [-0.3, -0.25) is 4.79 Å². The van der Waals surface area contributed by atoms with Crippen molar-refractivity contribution < 1.29 is 14.0 Å². The Morgan fingerprint density at radius 2 is 1.74 bits per heavy atom. The number of hydrogen-bond acceptors (Lipinski definition) is 4. The molecule has 0 fully saturated rings. The van der Waals surface area contributed by atoms with Crippen molar-refractivity contribution >= 4 is 26.4 Å². The molecule has 0 aromatic heterocycles. The number of aldehydes is 1. The Balaban J connectivity index is 2.12. The van der Waals surface area contributed by atoms with Gasteiger partial charge in [-0.2, -0.15) is 0 Å². The quantitative estimate of drug-likeness (QED) is 0.197. The van der Waals surface area contributed by atoms with Crippen LogP contribution in [0.1, 0.15) is 59.9 Å². The van der Waals surface area contributed by atoms with Gasteiger partial charge in [0, 0.05) is 18.8 Å². The molecule has 0 saturated carbocycles. The van der Waals surface area contributed by atoms with Crippen molar-refractivity contribution in [3.63, 3.8) is 0 Å². The molecule has 0 atom stereocenters. The topological polar surface area (TPSA) is 38.8 Å². The highest BCUT2D eigenvalue weighted by atomic mass is 28.4. The molecule has 5 heteroatoms. The Morgan fingerprint density at radius 3 is 2.26 bits per heavy atom. The third-order valence-corrected chi connectivity index (χ3v) is 11.7. The molecule has 0 N–H and O–H groups in total. The fraction of sp³-hybridized carbons (Fsp3) is 0.552. The van der Waals surface area contributed by atoms with Crippen LogP contribution in [0.4, 0.5) is 5.69 Å². The van der Waals surface area contributed by atoms with Crippen LogP contribution in [0.25, 0.3) is 6.08 Å². The summed E-state index contributed by atoms with van der Waals surface area (Å²) in [4.78, 5) is 13.5. The average molecular weight is 484 g/mol. The Labute approximate surface area is 208 Å².